The molecule has 0 aliphatic rings. The first-order chi connectivity index (χ1) is 11.7. The van der Waals surface area contributed by atoms with Crippen molar-refractivity contribution < 1.29 is 4.39 Å². The molecule has 1 aromatic heterocycles. The van der Waals surface area contributed by atoms with Crippen molar-refractivity contribution in [2.24, 2.45) is 0 Å². The minimum atomic E-state index is -0.374. The summed E-state index contributed by atoms with van der Waals surface area (Å²) in [6.07, 6.45) is 4.06. The molecule has 2 aromatic carbocycles. The van der Waals surface area contributed by atoms with E-state index in [-0.39, 0.29) is 11.9 Å². The minimum absolute atomic E-state index is 0.111. The molecule has 0 bridgehead atoms. The van der Waals surface area contributed by atoms with Gasteiger partial charge in [0, 0.05) is 10.6 Å². The number of aromatic nitrogens is 2. The number of rotatable bonds is 5. The van der Waals surface area contributed by atoms with E-state index in [1.54, 1.807) is 12.3 Å². The van der Waals surface area contributed by atoms with Gasteiger partial charge in [0.2, 0.25) is 0 Å². The van der Waals surface area contributed by atoms with Gasteiger partial charge in [0.1, 0.15) is 11.6 Å². The molecule has 0 saturated carbocycles. The topological polar surface area (TPSA) is 37.8 Å². The van der Waals surface area contributed by atoms with E-state index in [9.17, 15) is 4.39 Å². The van der Waals surface area contributed by atoms with E-state index >= 15 is 0 Å². The maximum absolute atomic E-state index is 14.0. The fourth-order valence-corrected chi connectivity index (χ4v) is 2.72. The Labute approximate surface area is 145 Å². The number of nitrogens with one attached hydrogen (secondary N) is 1. The van der Waals surface area contributed by atoms with E-state index in [4.69, 9.17) is 11.6 Å². The van der Waals surface area contributed by atoms with Gasteiger partial charge in [-0.2, -0.15) is 0 Å². The third kappa shape index (κ3) is 3.71. The molecule has 0 aliphatic carbocycles. The molecule has 5 heteroatoms. The van der Waals surface area contributed by atoms with Crippen LogP contribution in [0.3, 0.4) is 0 Å². The molecule has 0 radical (unpaired) electrons. The molecule has 3 aromatic rings. The van der Waals surface area contributed by atoms with Crippen molar-refractivity contribution in [2.45, 2.75) is 19.4 Å². The van der Waals surface area contributed by atoms with Gasteiger partial charge in [-0.25, -0.2) is 9.37 Å². The van der Waals surface area contributed by atoms with Crippen LogP contribution >= 0.6 is 11.6 Å². The van der Waals surface area contributed by atoms with Crippen molar-refractivity contribution >= 4 is 17.4 Å². The molecule has 1 heterocycles. The molecule has 122 valence electrons. The maximum atomic E-state index is 14.0. The van der Waals surface area contributed by atoms with Crippen LogP contribution in [0, 0.1) is 5.82 Å². The van der Waals surface area contributed by atoms with Gasteiger partial charge in [-0.05, 0) is 30.2 Å². The minimum Gasteiger partial charge on any atom is -0.362 e. The Hall–Kier alpha value is -2.46. The molecule has 3 rings (SSSR count). The van der Waals surface area contributed by atoms with Gasteiger partial charge in [-0.3, -0.25) is 4.98 Å². The molecule has 0 fully saturated rings. The van der Waals surface area contributed by atoms with E-state index in [1.807, 2.05) is 18.2 Å². The second-order valence-corrected chi connectivity index (χ2v) is 5.87. The van der Waals surface area contributed by atoms with Crippen LogP contribution in [0.15, 0.2) is 60.9 Å². The Kier molecular flexibility index (Phi) is 5.06. The zero-order chi connectivity index (χ0) is 16.9. The van der Waals surface area contributed by atoms with E-state index in [0.29, 0.717) is 22.1 Å². The molecule has 1 unspecified atom stereocenters. The van der Waals surface area contributed by atoms with E-state index in [2.05, 4.69) is 34.3 Å². The summed E-state index contributed by atoms with van der Waals surface area (Å²) >= 11 is 5.96. The number of hydrogen-bond acceptors (Lipinski definition) is 3. The Balaban J connectivity index is 1.89. The first kappa shape index (κ1) is 16.4. The highest BCUT2D eigenvalue weighted by Crippen LogP contribution is 2.26. The summed E-state index contributed by atoms with van der Waals surface area (Å²) < 4.78 is 14.0. The van der Waals surface area contributed by atoms with Gasteiger partial charge in [0.15, 0.2) is 0 Å². The Morgan fingerprint density at radius 3 is 2.67 bits per heavy atom. The summed E-state index contributed by atoms with van der Waals surface area (Å²) in [5.74, 6) is 0.225. The summed E-state index contributed by atoms with van der Waals surface area (Å²) in [6.45, 7) is 2.10. The SMILES string of the molecule is CCC(Nc1cncc(-c2cc(Cl)ccc2F)n1)c1ccccc1. The van der Waals surface area contributed by atoms with Crippen LogP contribution in [0.4, 0.5) is 10.2 Å². The van der Waals surface area contributed by atoms with Crippen LogP contribution in [0.25, 0.3) is 11.3 Å². The fraction of sp³-hybridized carbons (Fsp3) is 0.158. The van der Waals surface area contributed by atoms with E-state index < -0.39 is 0 Å². The van der Waals surface area contributed by atoms with Crippen LogP contribution in [0.2, 0.25) is 5.02 Å². The lowest BCUT2D eigenvalue weighted by molar-refractivity contribution is 0.630. The van der Waals surface area contributed by atoms with Gasteiger partial charge in [-0.15, -0.1) is 0 Å². The molecule has 0 saturated heterocycles. The lowest BCUT2D eigenvalue weighted by Crippen LogP contribution is -2.11. The summed E-state index contributed by atoms with van der Waals surface area (Å²) in [5, 5.41) is 3.82. The van der Waals surface area contributed by atoms with Crippen molar-refractivity contribution in [1.29, 1.82) is 0 Å². The normalized spacial score (nSPS) is 12.0. The molecule has 1 atom stereocenters. The smallest absolute Gasteiger partial charge is 0.145 e. The van der Waals surface area contributed by atoms with E-state index in [0.717, 1.165) is 6.42 Å². The highest BCUT2D eigenvalue weighted by atomic mass is 35.5. The van der Waals surface area contributed by atoms with Gasteiger partial charge in [-0.1, -0.05) is 48.9 Å². The van der Waals surface area contributed by atoms with Crippen LogP contribution in [-0.4, -0.2) is 9.97 Å². The molecule has 1 N–H and O–H groups in total. The van der Waals surface area contributed by atoms with E-state index in [1.165, 1.54) is 23.9 Å². The van der Waals surface area contributed by atoms with Crippen LogP contribution < -0.4 is 5.32 Å². The van der Waals surface area contributed by atoms with Crippen LogP contribution in [0.5, 0.6) is 0 Å². The Bertz CT molecular complexity index is 824. The summed E-state index contributed by atoms with van der Waals surface area (Å²) in [4.78, 5) is 8.66. The zero-order valence-electron chi connectivity index (χ0n) is 13.2. The Morgan fingerprint density at radius 2 is 1.92 bits per heavy atom. The average Bonchev–Trinajstić information content (AvgIpc) is 2.62. The van der Waals surface area contributed by atoms with Gasteiger partial charge in [0.05, 0.1) is 24.1 Å². The summed E-state index contributed by atoms with van der Waals surface area (Å²) in [7, 11) is 0. The lowest BCUT2D eigenvalue weighted by Gasteiger charge is -2.18. The van der Waals surface area contributed by atoms with Gasteiger partial charge in [0.25, 0.3) is 0 Å². The number of nitrogens with zero attached hydrogens (tertiary/aromatic N) is 2. The second-order valence-electron chi connectivity index (χ2n) is 5.43. The van der Waals surface area contributed by atoms with Gasteiger partial charge >= 0.3 is 0 Å². The predicted molar refractivity (Wildman–Crippen MR) is 95.5 cm³/mol. The largest absolute Gasteiger partial charge is 0.362 e. The lowest BCUT2D eigenvalue weighted by atomic mass is 10.0. The quantitative estimate of drug-likeness (QED) is 0.666. The van der Waals surface area contributed by atoms with Crippen molar-refractivity contribution in [3.63, 3.8) is 0 Å². The number of benzene rings is 2. The summed E-state index contributed by atoms with van der Waals surface area (Å²) in [5.41, 5.74) is 1.95. The van der Waals surface area contributed by atoms with Crippen molar-refractivity contribution in [2.75, 3.05) is 5.32 Å². The standard InChI is InChI=1S/C19H17ClFN3/c1-2-17(13-6-4-3-5-7-13)23-19-12-22-11-18(24-19)15-10-14(20)8-9-16(15)21/h3-12,17H,2H2,1H3,(H,23,24). The van der Waals surface area contributed by atoms with Crippen LogP contribution in [-0.2, 0) is 0 Å². The van der Waals surface area contributed by atoms with Crippen molar-refractivity contribution in [3.05, 3.63) is 77.3 Å². The van der Waals surface area contributed by atoms with Crippen LogP contribution in [0.1, 0.15) is 24.9 Å². The first-order valence-electron chi connectivity index (χ1n) is 7.76. The molecule has 24 heavy (non-hydrogen) atoms. The van der Waals surface area contributed by atoms with Crippen molar-refractivity contribution in [1.82, 2.24) is 9.97 Å². The molecular weight excluding hydrogens is 325 g/mol. The summed E-state index contributed by atoms with van der Waals surface area (Å²) in [6, 6.07) is 14.6. The maximum Gasteiger partial charge on any atom is 0.145 e. The molecule has 0 aliphatic heterocycles. The number of halogens is 2. The molecule has 0 spiro atoms. The molecule has 3 nitrogen and oxygen atoms in total. The third-order valence-electron chi connectivity index (χ3n) is 3.77. The average molecular weight is 342 g/mol. The number of hydrogen-bond donors (Lipinski definition) is 1. The fourth-order valence-electron chi connectivity index (χ4n) is 2.54. The predicted octanol–water partition coefficient (Wildman–Crippen LogP) is 5.50. The first-order valence-corrected chi connectivity index (χ1v) is 8.14. The second kappa shape index (κ2) is 7.41. The number of anilines is 1. The Morgan fingerprint density at radius 1 is 1.12 bits per heavy atom. The van der Waals surface area contributed by atoms with Crippen molar-refractivity contribution in [3.8, 4) is 11.3 Å². The zero-order valence-corrected chi connectivity index (χ0v) is 14.0. The highest BCUT2D eigenvalue weighted by Gasteiger charge is 2.12. The molecular formula is C19H17ClFN3. The monoisotopic (exact) mass is 341 g/mol. The molecule has 0 amide bonds. The van der Waals surface area contributed by atoms with Gasteiger partial charge < -0.3 is 5.32 Å². The third-order valence-corrected chi connectivity index (χ3v) is 4.01. The highest BCUT2D eigenvalue weighted by molar-refractivity contribution is 6.30.